The van der Waals surface area contributed by atoms with Crippen molar-refractivity contribution in [3.63, 3.8) is 0 Å². The maximum absolute atomic E-state index is 14.7. The van der Waals surface area contributed by atoms with Gasteiger partial charge in [-0.05, 0) is 86.9 Å². The summed E-state index contributed by atoms with van der Waals surface area (Å²) in [6, 6.07) is 8.44. The number of carbonyl (C=O) groups is 1. The number of benzene rings is 2. The number of sulfone groups is 1. The van der Waals surface area contributed by atoms with Crippen LogP contribution in [0.5, 0.6) is 0 Å². The van der Waals surface area contributed by atoms with Gasteiger partial charge in [0.15, 0.2) is 9.84 Å². The Balaban J connectivity index is 0.00000320. The fourth-order valence-electron chi connectivity index (χ4n) is 4.12. The molecule has 2 aromatic rings. The minimum atomic E-state index is -4.08. The maximum Gasteiger partial charge on any atom is 1.00 e. The van der Waals surface area contributed by atoms with E-state index in [1.807, 2.05) is 0 Å². The standard InChI is InChI=1S/C21H21ClF2O4S.Na/c22-15-2-5-17(6-3-15)29(27,28)21(18-13-16(23)4-7-19(18)24)11-9-14(10-12-21)1-8-20(25)26;/h2-7,13-14H,1,8-12H2,(H,25,26);/q;+1/p-1/t14-,21-;. The van der Waals surface area contributed by atoms with Crippen LogP contribution in [0.1, 0.15) is 44.1 Å². The largest absolute Gasteiger partial charge is 1.00 e. The van der Waals surface area contributed by atoms with Crippen LogP contribution in [0.4, 0.5) is 8.78 Å². The number of carboxylic acids is 1. The van der Waals surface area contributed by atoms with Gasteiger partial charge in [0.2, 0.25) is 0 Å². The smallest absolute Gasteiger partial charge is 0.550 e. The van der Waals surface area contributed by atoms with Crippen LogP contribution in [-0.2, 0) is 19.4 Å². The SMILES string of the molecule is O=C([O-])CC[C@H]1CC[C@](c2cc(F)ccc2F)(S(=O)(=O)c2ccc(Cl)cc2)CC1.[Na+]. The minimum Gasteiger partial charge on any atom is -0.550 e. The zero-order valence-corrected chi connectivity index (χ0v) is 20.1. The van der Waals surface area contributed by atoms with E-state index in [4.69, 9.17) is 11.6 Å². The Labute approximate surface area is 201 Å². The first-order valence-electron chi connectivity index (χ1n) is 9.31. The summed E-state index contributed by atoms with van der Waals surface area (Å²) in [5.74, 6) is -2.67. The van der Waals surface area contributed by atoms with Crippen LogP contribution >= 0.6 is 11.6 Å². The average Bonchev–Trinajstić information content (AvgIpc) is 2.69. The first-order chi connectivity index (χ1) is 13.7. The molecular formula is C21H20ClF2NaO4S. The van der Waals surface area contributed by atoms with Crippen molar-refractivity contribution >= 4 is 27.4 Å². The van der Waals surface area contributed by atoms with Gasteiger partial charge in [-0.2, -0.15) is 0 Å². The van der Waals surface area contributed by atoms with Crippen LogP contribution < -0.4 is 34.7 Å². The second-order valence-corrected chi connectivity index (χ2v) is 10.1. The molecule has 3 rings (SSSR count). The Morgan fingerprint density at radius 2 is 1.70 bits per heavy atom. The van der Waals surface area contributed by atoms with Crippen LogP contribution in [-0.4, -0.2) is 14.4 Å². The summed E-state index contributed by atoms with van der Waals surface area (Å²) >= 11 is 5.87. The van der Waals surface area contributed by atoms with Gasteiger partial charge in [-0.25, -0.2) is 17.2 Å². The van der Waals surface area contributed by atoms with Gasteiger partial charge in [-0.15, -0.1) is 0 Å². The van der Waals surface area contributed by atoms with Crippen molar-refractivity contribution in [1.82, 2.24) is 0 Å². The van der Waals surface area contributed by atoms with Crippen LogP contribution in [0.25, 0.3) is 0 Å². The van der Waals surface area contributed by atoms with Crippen LogP contribution in [0.15, 0.2) is 47.4 Å². The topological polar surface area (TPSA) is 74.3 Å². The number of carboxylic acid groups (broad SMARTS) is 1. The van der Waals surface area contributed by atoms with E-state index < -0.39 is 32.2 Å². The Kier molecular flexibility index (Phi) is 8.50. The number of hydrogen-bond donors (Lipinski definition) is 0. The molecule has 2 aromatic carbocycles. The molecule has 30 heavy (non-hydrogen) atoms. The molecule has 1 aliphatic rings. The van der Waals surface area contributed by atoms with Crippen molar-refractivity contribution in [2.45, 2.75) is 48.2 Å². The van der Waals surface area contributed by atoms with Crippen molar-refractivity contribution in [2.75, 3.05) is 0 Å². The summed E-state index contributed by atoms with van der Waals surface area (Å²) in [4.78, 5) is 10.7. The summed E-state index contributed by atoms with van der Waals surface area (Å²) in [6.07, 6.45) is 1.15. The fraction of sp³-hybridized carbons (Fsp3) is 0.381. The molecule has 1 aliphatic carbocycles. The van der Waals surface area contributed by atoms with Gasteiger partial charge in [0, 0.05) is 16.6 Å². The molecule has 4 nitrogen and oxygen atoms in total. The van der Waals surface area contributed by atoms with Gasteiger partial charge >= 0.3 is 29.6 Å². The van der Waals surface area contributed by atoms with Crippen LogP contribution in [0, 0.1) is 17.6 Å². The molecule has 0 saturated heterocycles. The zero-order valence-electron chi connectivity index (χ0n) is 16.5. The van der Waals surface area contributed by atoms with E-state index >= 15 is 0 Å². The summed E-state index contributed by atoms with van der Waals surface area (Å²) in [5, 5.41) is 11.1. The molecular weight excluding hydrogens is 445 g/mol. The van der Waals surface area contributed by atoms with Crippen molar-refractivity contribution in [3.05, 3.63) is 64.7 Å². The third-order valence-electron chi connectivity index (χ3n) is 5.73. The quantitative estimate of drug-likeness (QED) is 0.598. The van der Waals surface area contributed by atoms with E-state index in [-0.39, 0.29) is 65.2 Å². The average molecular weight is 465 g/mol. The van der Waals surface area contributed by atoms with Crippen molar-refractivity contribution in [2.24, 2.45) is 5.92 Å². The summed E-state index contributed by atoms with van der Waals surface area (Å²) in [6.45, 7) is 0. The summed E-state index contributed by atoms with van der Waals surface area (Å²) in [5.41, 5.74) is -0.189. The van der Waals surface area contributed by atoms with E-state index in [1.165, 1.54) is 24.3 Å². The van der Waals surface area contributed by atoms with Crippen molar-refractivity contribution in [1.29, 1.82) is 0 Å². The third-order valence-corrected chi connectivity index (χ3v) is 8.53. The Bertz CT molecular complexity index is 1000. The molecule has 9 heteroatoms. The minimum absolute atomic E-state index is 0. The Hall–Kier alpha value is -0.990. The van der Waals surface area contributed by atoms with E-state index in [2.05, 4.69) is 0 Å². The first kappa shape index (κ1) is 25.3. The van der Waals surface area contributed by atoms with Gasteiger partial charge in [-0.1, -0.05) is 11.6 Å². The van der Waals surface area contributed by atoms with Crippen LogP contribution in [0.2, 0.25) is 5.02 Å². The van der Waals surface area contributed by atoms with E-state index in [0.717, 1.165) is 18.2 Å². The number of aliphatic carboxylic acids is 1. The molecule has 1 fully saturated rings. The molecule has 0 unspecified atom stereocenters. The first-order valence-corrected chi connectivity index (χ1v) is 11.2. The third kappa shape index (κ3) is 5.07. The molecule has 0 amide bonds. The molecule has 0 N–H and O–H groups in total. The molecule has 0 heterocycles. The molecule has 0 atom stereocenters. The molecule has 156 valence electrons. The molecule has 0 spiro atoms. The maximum atomic E-state index is 14.7. The predicted octanol–water partition coefficient (Wildman–Crippen LogP) is 1.01. The van der Waals surface area contributed by atoms with Gasteiger partial charge in [-0.3, -0.25) is 0 Å². The van der Waals surface area contributed by atoms with Crippen molar-refractivity contribution in [3.8, 4) is 0 Å². The molecule has 0 aliphatic heterocycles. The number of hydrogen-bond acceptors (Lipinski definition) is 4. The second kappa shape index (κ2) is 10.1. The molecule has 0 radical (unpaired) electrons. The van der Waals surface area contributed by atoms with Crippen LogP contribution in [0.3, 0.4) is 0 Å². The normalized spacial score (nSPS) is 21.6. The van der Waals surface area contributed by atoms with E-state index in [1.54, 1.807) is 0 Å². The number of carbonyl (C=O) groups excluding carboxylic acids is 1. The van der Waals surface area contributed by atoms with Gasteiger partial charge in [0.1, 0.15) is 16.4 Å². The number of halogens is 3. The zero-order chi connectivity index (χ0) is 21.2. The molecule has 1 saturated carbocycles. The van der Waals surface area contributed by atoms with E-state index in [0.29, 0.717) is 24.3 Å². The number of rotatable bonds is 6. The Morgan fingerprint density at radius 3 is 2.27 bits per heavy atom. The Morgan fingerprint density at radius 1 is 1.10 bits per heavy atom. The monoisotopic (exact) mass is 464 g/mol. The fourth-order valence-corrected chi connectivity index (χ4v) is 6.41. The predicted molar refractivity (Wildman–Crippen MR) is 103 cm³/mol. The summed E-state index contributed by atoms with van der Waals surface area (Å²) < 4.78 is 54.3. The van der Waals surface area contributed by atoms with Gasteiger partial charge in [0.25, 0.3) is 0 Å². The van der Waals surface area contributed by atoms with E-state index in [9.17, 15) is 27.1 Å². The van der Waals surface area contributed by atoms with Gasteiger partial charge < -0.3 is 9.90 Å². The van der Waals surface area contributed by atoms with Crippen molar-refractivity contribution < 1.29 is 56.7 Å². The molecule has 0 bridgehead atoms. The summed E-state index contributed by atoms with van der Waals surface area (Å²) in [7, 11) is -4.08. The molecule has 0 aromatic heterocycles. The van der Waals surface area contributed by atoms with Gasteiger partial charge in [0.05, 0.1) is 4.90 Å². The second-order valence-electron chi connectivity index (χ2n) is 7.43.